The monoisotopic (exact) mass is 223 g/mol. The van der Waals surface area contributed by atoms with Gasteiger partial charge in [-0.15, -0.1) is 0 Å². The predicted molar refractivity (Wildman–Crippen MR) is 70.7 cm³/mol. The van der Waals surface area contributed by atoms with Gasteiger partial charge < -0.3 is 5.32 Å². The maximum atomic E-state index is 3.81. The van der Waals surface area contributed by atoms with Crippen LogP contribution in [0.1, 0.15) is 77.0 Å². The van der Waals surface area contributed by atoms with E-state index in [9.17, 15) is 0 Å². The zero-order valence-corrected chi connectivity index (χ0v) is 10.8. The SMILES string of the molecule is C1CCC(CCNC2CCCCCC2)CC1. The zero-order valence-electron chi connectivity index (χ0n) is 10.8. The first-order chi connectivity index (χ1) is 7.95. The lowest BCUT2D eigenvalue weighted by Gasteiger charge is -2.23. The van der Waals surface area contributed by atoms with Crippen LogP contribution in [0.15, 0.2) is 0 Å². The highest BCUT2D eigenvalue weighted by Crippen LogP contribution is 2.26. The molecular formula is C15H29N. The third-order valence-electron chi connectivity index (χ3n) is 4.57. The minimum Gasteiger partial charge on any atom is -0.314 e. The molecule has 0 heterocycles. The molecule has 1 heteroatoms. The summed E-state index contributed by atoms with van der Waals surface area (Å²) >= 11 is 0. The van der Waals surface area contributed by atoms with Crippen molar-refractivity contribution in [3.8, 4) is 0 Å². The summed E-state index contributed by atoms with van der Waals surface area (Å²) < 4.78 is 0. The van der Waals surface area contributed by atoms with Crippen LogP contribution in [0, 0.1) is 5.92 Å². The van der Waals surface area contributed by atoms with Crippen LogP contribution < -0.4 is 5.32 Å². The van der Waals surface area contributed by atoms with Gasteiger partial charge in [-0.1, -0.05) is 57.8 Å². The molecule has 16 heavy (non-hydrogen) atoms. The average Bonchev–Trinajstić information content (AvgIpc) is 2.59. The average molecular weight is 223 g/mol. The Bertz CT molecular complexity index is 164. The van der Waals surface area contributed by atoms with Crippen LogP contribution >= 0.6 is 0 Å². The van der Waals surface area contributed by atoms with E-state index in [0.29, 0.717) is 0 Å². The summed E-state index contributed by atoms with van der Waals surface area (Å²) in [5.74, 6) is 1.05. The Morgan fingerprint density at radius 2 is 1.25 bits per heavy atom. The van der Waals surface area contributed by atoms with Crippen LogP contribution in [0.3, 0.4) is 0 Å². The van der Waals surface area contributed by atoms with Gasteiger partial charge in [0.1, 0.15) is 0 Å². The lowest BCUT2D eigenvalue weighted by Crippen LogP contribution is -2.30. The summed E-state index contributed by atoms with van der Waals surface area (Å²) in [6, 6.07) is 0.853. The largest absolute Gasteiger partial charge is 0.314 e. The normalized spacial score (nSPS) is 25.5. The van der Waals surface area contributed by atoms with E-state index in [1.165, 1.54) is 83.6 Å². The summed E-state index contributed by atoms with van der Waals surface area (Å²) in [6.45, 7) is 1.29. The molecule has 0 unspecified atom stereocenters. The molecule has 1 N–H and O–H groups in total. The van der Waals surface area contributed by atoms with Crippen molar-refractivity contribution in [1.29, 1.82) is 0 Å². The highest BCUT2D eigenvalue weighted by Gasteiger charge is 2.15. The van der Waals surface area contributed by atoms with Crippen LogP contribution in [-0.4, -0.2) is 12.6 Å². The second-order valence-corrected chi connectivity index (χ2v) is 5.94. The molecule has 2 rings (SSSR count). The van der Waals surface area contributed by atoms with Crippen LogP contribution in [0.25, 0.3) is 0 Å². The fourth-order valence-corrected chi connectivity index (χ4v) is 3.45. The van der Waals surface area contributed by atoms with Gasteiger partial charge in [0.25, 0.3) is 0 Å². The van der Waals surface area contributed by atoms with E-state index in [-0.39, 0.29) is 0 Å². The smallest absolute Gasteiger partial charge is 0.00670 e. The molecule has 1 nitrogen and oxygen atoms in total. The van der Waals surface area contributed by atoms with Gasteiger partial charge in [-0.3, -0.25) is 0 Å². The molecule has 0 bridgehead atoms. The van der Waals surface area contributed by atoms with Crippen LogP contribution in [0.4, 0.5) is 0 Å². The van der Waals surface area contributed by atoms with Crippen LogP contribution in [0.2, 0.25) is 0 Å². The summed E-state index contributed by atoms with van der Waals surface area (Å²) in [4.78, 5) is 0. The van der Waals surface area contributed by atoms with Crippen LogP contribution in [-0.2, 0) is 0 Å². The van der Waals surface area contributed by atoms with E-state index in [2.05, 4.69) is 5.32 Å². The van der Waals surface area contributed by atoms with E-state index >= 15 is 0 Å². The third kappa shape index (κ3) is 4.45. The molecule has 2 aliphatic rings. The van der Waals surface area contributed by atoms with Gasteiger partial charge in [-0.25, -0.2) is 0 Å². The minimum absolute atomic E-state index is 0.853. The summed E-state index contributed by atoms with van der Waals surface area (Å²) in [6.07, 6.45) is 17.7. The molecule has 0 spiro atoms. The Balaban J connectivity index is 1.55. The van der Waals surface area contributed by atoms with E-state index in [0.717, 1.165) is 12.0 Å². The lowest BCUT2D eigenvalue weighted by molar-refractivity contribution is 0.323. The molecule has 94 valence electrons. The predicted octanol–water partition coefficient (Wildman–Crippen LogP) is 4.27. The Morgan fingerprint density at radius 3 is 1.94 bits per heavy atom. The van der Waals surface area contributed by atoms with Crippen LogP contribution in [0.5, 0.6) is 0 Å². The third-order valence-corrected chi connectivity index (χ3v) is 4.57. The second-order valence-electron chi connectivity index (χ2n) is 5.94. The second kappa shape index (κ2) is 7.32. The molecule has 0 saturated heterocycles. The van der Waals surface area contributed by atoms with Crippen molar-refractivity contribution < 1.29 is 0 Å². The van der Waals surface area contributed by atoms with Crippen molar-refractivity contribution >= 4 is 0 Å². The number of nitrogens with one attached hydrogen (secondary N) is 1. The molecule has 0 radical (unpaired) electrons. The molecule has 0 amide bonds. The number of rotatable bonds is 4. The topological polar surface area (TPSA) is 12.0 Å². The van der Waals surface area contributed by atoms with E-state index < -0.39 is 0 Å². The number of hydrogen-bond donors (Lipinski definition) is 1. The van der Waals surface area contributed by atoms with E-state index in [1.807, 2.05) is 0 Å². The Kier molecular flexibility index (Phi) is 5.68. The van der Waals surface area contributed by atoms with Gasteiger partial charge in [-0.05, 0) is 31.7 Å². The van der Waals surface area contributed by atoms with Crippen molar-refractivity contribution in [2.75, 3.05) is 6.54 Å². The Hall–Kier alpha value is -0.0400. The van der Waals surface area contributed by atoms with E-state index in [4.69, 9.17) is 0 Å². The fourth-order valence-electron chi connectivity index (χ4n) is 3.45. The summed E-state index contributed by atoms with van der Waals surface area (Å²) in [7, 11) is 0. The molecule has 2 aliphatic carbocycles. The molecule has 2 saturated carbocycles. The highest BCUT2D eigenvalue weighted by molar-refractivity contribution is 4.72. The first kappa shape index (κ1) is 12.4. The van der Waals surface area contributed by atoms with Gasteiger partial charge >= 0.3 is 0 Å². The standard InChI is InChI=1S/C15H29N/c1-2-7-11-15(10-6-1)16-13-12-14-8-4-3-5-9-14/h14-16H,1-13H2. The summed E-state index contributed by atoms with van der Waals surface area (Å²) in [5.41, 5.74) is 0. The van der Waals surface area contributed by atoms with Crippen molar-refractivity contribution in [1.82, 2.24) is 5.32 Å². The summed E-state index contributed by atoms with van der Waals surface area (Å²) in [5, 5.41) is 3.81. The van der Waals surface area contributed by atoms with Crippen molar-refractivity contribution in [3.05, 3.63) is 0 Å². The Labute approximate surface area is 101 Å². The van der Waals surface area contributed by atoms with Crippen molar-refractivity contribution in [3.63, 3.8) is 0 Å². The molecule has 2 fully saturated rings. The van der Waals surface area contributed by atoms with Crippen molar-refractivity contribution in [2.24, 2.45) is 5.92 Å². The van der Waals surface area contributed by atoms with Gasteiger partial charge in [0.15, 0.2) is 0 Å². The molecule has 0 aromatic carbocycles. The quantitative estimate of drug-likeness (QED) is 0.702. The fraction of sp³-hybridized carbons (Fsp3) is 1.00. The highest BCUT2D eigenvalue weighted by atomic mass is 14.9. The van der Waals surface area contributed by atoms with Gasteiger partial charge in [0.05, 0.1) is 0 Å². The van der Waals surface area contributed by atoms with Gasteiger partial charge in [0.2, 0.25) is 0 Å². The van der Waals surface area contributed by atoms with Gasteiger partial charge in [-0.2, -0.15) is 0 Å². The lowest BCUT2D eigenvalue weighted by atomic mass is 9.87. The van der Waals surface area contributed by atoms with E-state index in [1.54, 1.807) is 0 Å². The maximum Gasteiger partial charge on any atom is 0.00670 e. The van der Waals surface area contributed by atoms with Crippen molar-refractivity contribution in [2.45, 2.75) is 83.1 Å². The first-order valence-electron chi connectivity index (χ1n) is 7.68. The minimum atomic E-state index is 0.853. The first-order valence-corrected chi connectivity index (χ1v) is 7.68. The maximum absolute atomic E-state index is 3.81. The molecule has 0 aromatic rings. The van der Waals surface area contributed by atoms with Gasteiger partial charge in [0, 0.05) is 6.04 Å². The molecule has 0 aromatic heterocycles. The number of hydrogen-bond acceptors (Lipinski definition) is 1. The molecule has 0 aliphatic heterocycles. The molecule has 0 atom stereocenters. The Morgan fingerprint density at radius 1 is 0.688 bits per heavy atom. The zero-order chi connectivity index (χ0) is 11.1. The molecular weight excluding hydrogens is 194 g/mol.